The van der Waals surface area contributed by atoms with Gasteiger partial charge in [0.05, 0.1) is 11.3 Å². The topological polar surface area (TPSA) is 72.2 Å². The van der Waals surface area contributed by atoms with Crippen molar-refractivity contribution in [2.24, 2.45) is 0 Å². The second kappa shape index (κ2) is 5.58. The highest BCUT2D eigenvalue weighted by Gasteiger charge is 2.13. The van der Waals surface area contributed by atoms with Gasteiger partial charge in [0.1, 0.15) is 5.58 Å². The number of nitrogens with zero attached hydrogens (tertiary/aromatic N) is 1. The molecule has 0 atom stereocenters. The first-order valence-electron chi connectivity index (χ1n) is 7.31. The molecule has 0 aliphatic carbocycles. The molecule has 2 heterocycles. The molecule has 24 heavy (non-hydrogen) atoms. The average molecular weight is 336 g/mol. The smallest absolute Gasteiger partial charge is 0.345 e. The third-order valence-electron chi connectivity index (χ3n) is 3.71. The highest BCUT2D eigenvalue weighted by molar-refractivity contribution is 7.14. The van der Waals surface area contributed by atoms with Gasteiger partial charge in [-0.05, 0) is 22.9 Å². The van der Waals surface area contributed by atoms with Crippen LogP contribution in [0, 0.1) is 0 Å². The van der Waals surface area contributed by atoms with Gasteiger partial charge in [-0.15, -0.1) is 11.3 Å². The summed E-state index contributed by atoms with van der Waals surface area (Å²) >= 11 is 1.27. The Kier molecular flexibility index (Phi) is 3.39. The summed E-state index contributed by atoms with van der Waals surface area (Å²) in [5, 5.41) is 7.74. The van der Waals surface area contributed by atoms with E-state index in [-0.39, 0.29) is 5.91 Å². The molecule has 0 fully saturated rings. The normalized spacial score (nSPS) is 11.0. The molecular weight excluding hydrogens is 324 g/mol. The molecule has 5 nitrogen and oxygen atoms in total. The van der Waals surface area contributed by atoms with Crippen LogP contribution in [0.2, 0.25) is 0 Å². The largest absolute Gasteiger partial charge is 0.422 e. The van der Waals surface area contributed by atoms with Gasteiger partial charge < -0.3 is 9.73 Å². The molecule has 0 unspecified atom stereocenters. The molecule has 0 spiro atoms. The Morgan fingerprint density at radius 1 is 1.17 bits per heavy atom. The Labute approximate surface area is 140 Å². The van der Waals surface area contributed by atoms with Crippen molar-refractivity contribution < 1.29 is 9.21 Å². The van der Waals surface area contributed by atoms with Gasteiger partial charge in [-0.25, -0.2) is 9.78 Å². The molecule has 0 radical (unpaired) electrons. The lowest BCUT2D eigenvalue weighted by Crippen LogP contribution is -2.06. The molecule has 6 heteroatoms. The number of hydrogen-bond acceptors (Lipinski definition) is 5. The van der Waals surface area contributed by atoms with Gasteiger partial charge in [0.2, 0.25) is 5.91 Å². The Morgan fingerprint density at radius 3 is 2.83 bits per heavy atom. The van der Waals surface area contributed by atoms with E-state index in [1.54, 1.807) is 17.5 Å². The van der Waals surface area contributed by atoms with E-state index in [0.29, 0.717) is 22.0 Å². The predicted molar refractivity (Wildman–Crippen MR) is 95.4 cm³/mol. The van der Waals surface area contributed by atoms with Crippen molar-refractivity contribution in [3.05, 3.63) is 58.3 Å². The lowest BCUT2D eigenvalue weighted by atomic mass is 10.0. The summed E-state index contributed by atoms with van der Waals surface area (Å²) in [5.41, 5.74) is 0.969. The molecule has 0 saturated heterocycles. The van der Waals surface area contributed by atoms with Crippen LogP contribution in [0.15, 0.2) is 57.1 Å². The first-order chi connectivity index (χ1) is 11.6. The van der Waals surface area contributed by atoms with E-state index in [9.17, 15) is 9.59 Å². The Morgan fingerprint density at radius 2 is 2.00 bits per heavy atom. The van der Waals surface area contributed by atoms with Gasteiger partial charge in [0.15, 0.2) is 5.13 Å². The van der Waals surface area contributed by atoms with Crippen LogP contribution in [0.1, 0.15) is 6.92 Å². The van der Waals surface area contributed by atoms with Crippen molar-refractivity contribution >= 4 is 44.1 Å². The van der Waals surface area contributed by atoms with Crippen LogP contribution in [0.5, 0.6) is 0 Å². The van der Waals surface area contributed by atoms with Crippen molar-refractivity contribution in [2.75, 3.05) is 5.32 Å². The number of rotatable bonds is 2. The summed E-state index contributed by atoms with van der Waals surface area (Å²) in [7, 11) is 0. The fourth-order valence-electron chi connectivity index (χ4n) is 2.66. The van der Waals surface area contributed by atoms with Gasteiger partial charge in [0, 0.05) is 17.7 Å². The number of nitrogens with one attached hydrogen (secondary N) is 1. The average Bonchev–Trinajstić information content (AvgIpc) is 3.01. The van der Waals surface area contributed by atoms with Crippen LogP contribution in [0.3, 0.4) is 0 Å². The van der Waals surface area contributed by atoms with E-state index in [2.05, 4.69) is 10.3 Å². The van der Waals surface area contributed by atoms with Gasteiger partial charge >= 0.3 is 5.63 Å². The van der Waals surface area contributed by atoms with E-state index in [0.717, 1.165) is 16.2 Å². The Balaban J connectivity index is 1.93. The maximum atomic E-state index is 12.3. The van der Waals surface area contributed by atoms with Crippen LogP contribution in [-0.2, 0) is 4.79 Å². The molecule has 1 N–H and O–H groups in total. The number of amides is 1. The molecule has 4 aromatic rings. The first-order valence-corrected chi connectivity index (χ1v) is 8.19. The predicted octanol–water partition coefficient (Wildman–Crippen LogP) is 4.03. The van der Waals surface area contributed by atoms with Crippen molar-refractivity contribution in [1.29, 1.82) is 0 Å². The third kappa shape index (κ3) is 2.47. The van der Waals surface area contributed by atoms with E-state index in [4.69, 9.17) is 4.42 Å². The zero-order valence-electron chi connectivity index (χ0n) is 12.7. The molecule has 4 rings (SSSR count). The number of benzene rings is 2. The lowest BCUT2D eigenvalue weighted by molar-refractivity contribution is -0.114. The third-order valence-corrected chi connectivity index (χ3v) is 4.46. The highest BCUT2D eigenvalue weighted by Crippen LogP contribution is 2.29. The summed E-state index contributed by atoms with van der Waals surface area (Å²) in [4.78, 5) is 27.7. The SMILES string of the molecule is CC(=O)Nc1nc(-c2cc3c(ccc4ccccc43)oc2=O)cs1. The van der Waals surface area contributed by atoms with Crippen LogP contribution >= 0.6 is 11.3 Å². The molecule has 0 aliphatic rings. The summed E-state index contributed by atoms with van der Waals surface area (Å²) < 4.78 is 5.47. The number of thiazole rings is 1. The van der Waals surface area contributed by atoms with Crippen molar-refractivity contribution in [3.63, 3.8) is 0 Å². The lowest BCUT2D eigenvalue weighted by Gasteiger charge is -2.04. The number of carbonyl (C=O) groups excluding carboxylic acids is 1. The van der Waals surface area contributed by atoms with Gasteiger partial charge in [-0.2, -0.15) is 0 Å². The summed E-state index contributed by atoms with van der Waals surface area (Å²) in [6.45, 7) is 1.41. The molecule has 1 amide bonds. The van der Waals surface area contributed by atoms with Gasteiger partial charge in [-0.3, -0.25) is 4.79 Å². The molecule has 0 bridgehead atoms. The number of fused-ring (bicyclic) bond motifs is 3. The number of anilines is 1. The number of aromatic nitrogens is 1. The second-order valence-electron chi connectivity index (χ2n) is 5.37. The fraction of sp³-hybridized carbons (Fsp3) is 0.0556. The van der Waals surface area contributed by atoms with Crippen molar-refractivity contribution in [3.8, 4) is 11.3 Å². The van der Waals surface area contributed by atoms with Crippen LogP contribution < -0.4 is 10.9 Å². The Hall–Kier alpha value is -2.99. The minimum Gasteiger partial charge on any atom is -0.422 e. The zero-order valence-corrected chi connectivity index (χ0v) is 13.5. The van der Waals surface area contributed by atoms with Gasteiger partial charge in [0.25, 0.3) is 0 Å². The summed E-state index contributed by atoms with van der Waals surface area (Å²) in [6.07, 6.45) is 0. The standard InChI is InChI=1S/C18H12N2O3S/c1-10(21)19-18-20-15(9-24-18)14-8-13-12-5-3-2-4-11(12)6-7-16(13)23-17(14)22/h2-9H,1H3,(H,19,20,21). The quantitative estimate of drug-likeness (QED) is 0.443. The molecule has 2 aromatic carbocycles. The molecular formula is C18H12N2O3S. The molecule has 2 aromatic heterocycles. The maximum absolute atomic E-state index is 12.3. The van der Waals surface area contributed by atoms with E-state index >= 15 is 0 Å². The second-order valence-corrected chi connectivity index (χ2v) is 6.22. The van der Waals surface area contributed by atoms with Crippen molar-refractivity contribution in [2.45, 2.75) is 6.92 Å². The van der Waals surface area contributed by atoms with Crippen molar-refractivity contribution in [1.82, 2.24) is 4.98 Å². The number of hydrogen-bond donors (Lipinski definition) is 1. The molecule has 0 aliphatic heterocycles. The first kappa shape index (κ1) is 14.6. The van der Waals surface area contributed by atoms with Crippen LogP contribution in [-0.4, -0.2) is 10.9 Å². The summed E-state index contributed by atoms with van der Waals surface area (Å²) in [6, 6.07) is 13.4. The van der Waals surface area contributed by atoms with Crippen LogP contribution in [0.4, 0.5) is 5.13 Å². The summed E-state index contributed by atoms with van der Waals surface area (Å²) in [5.74, 6) is -0.201. The van der Waals surface area contributed by atoms with E-state index in [1.807, 2.05) is 30.3 Å². The fourth-order valence-corrected chi connectivity index (χ4v) is 3.41. The van der Waals surface area contributed by atoms with E-state index < -0.39 is 5.63 Å². The highest BCUT2D eigenvalue weighted by atomic mass is 32.1. The minimum atomic E-state index is -0.447. The monoisotopic (exact) mass is 336 g/mol. The van der Waals surface area contributed by atoms with Crippen LogP contribution in [0.25, 0.3) is 33.0 Å². The number of carbonyl (C=O) groups is 1. The van der Waals surface area contributed by atoms with Gasteiger partial charge in [-0.1, -0.05) is 30.3 Å². The minimum absolute atomic E-state index is 0.201. The zero-order chi connectivity index (χ0) is 16.7. The van der Waals surface area contributed by atoms with E-state index in [1.165, 1.54) is 18.3 Å². The Bertz CT molecular complexity index is 1140. The maximum Gasteiger partial charge on any atom is 0.345 e. The molecule has 0 saturated carbocycles. The molecule has 118 valence electrons.